The number of hydrogen-bond acceptors (Lipinski definition) is 6. The van der Waals surface area contributed by atoms with Crippen LogP contribution in [0.5, 0.6) is 0 Å². The van der Waals surface area contributed by atoms with E-state index in [1.807, 2.05) is 23.8 Å². The number of hydrogen-bond donors (Lipinski definition) is 2. The number of thiazole rings is 1. The minimum atomic E-state index is -0.657. The fraction of sp³-hybridized carbons (Fsp3) is 0.474. The summed E-state index contributed by atoms with van der Waals surface area (Å²) in [6.07, 6.45) is 1.91. The molecule has 2 heterocycles. The molecule has 9 heteroatoms. The van der Waals surface area contributed by atoms with Crippen LogP contribution in [0, 0.1) is 13.8 Å². The van der Waals surface area contributed by atoms with Gasteiger partial charge in [-0.1, -0.05) is 0 Å². The monoisotopic (exact) mass is 406 g/mol. The standard InChI is InChI=1S/C19H26N4O4S/c1-11-14(18(20)25)9-17(16-10-28-13(3)22-16)23(11)8-6-5-7-15(19(26)27-4)21-12(2)24/h9-10,15H,5-8H2,1-4H3,(H2,20,25)(H,21,24). The zero-order chi connectivity index (χ0) is 20.8. The number of nitrogens with two attached hydrogens (primary N) is 1. The number of nitrogens with zero attached hydrogens (tertiary/aromatic N) is 2. The number of ether oxygens (including phenoxy) is 1. The number of carbonyl (C=O) groups excluding carboxylic acids is 3. The number of aryl methyl sites for hydroxylation is 1. The number of rotatable bonds is 9. The molecule has 0 radical (unpaired) electrons. The number of methoxy groups -OCH3 is 1. The Labute approximate surface area is 168 Å². The lowest BCUT2D eigenvalue weighted by atomic mass is 10.1. The highest BCUT2D eigenvalue weighted by Gasteiger charge is 2.21. The van der Waals surface area contributed by atoms with Crippen LogP contribution in [-0.4, -0.2) is 40.5 Å². The Morgan fingerprint density at radius 1 is 1.32 bits per heavy atom. The highest BCUT2D eigenvalue weighted by Crippen LogP contribution is 2.27. The highest BCUT2D eigenvalue weighted by molar-refractivity contribution is 7.09. The number of carbonyl (C=O) groups is 3. The molecular weight excluding hydrogens is 380 g/mol. The SMILES string of the molecule is COC(=O)C(CCCCn1c(-c2csc(C)n2)cc(C(N)=O)c1C)NC(C)=O. The average Bonchev–Trinajstić information content (AvgIpc) is 3.20. The van der Waals surface area contributed by atoms with Gasteiger partial charge in [-0.05, 0) is 39.2 Å². The predicted octanol–water partition coefficient (Wildman–Crippen LogP) is 2.18. The van der Waals surface area contributed by atoms with E-state index in [-0.39, 0.29) is 5.91 Å². The molecule has 152 valence electrons. The third-order valence-electron chi connectivity index (χ3n) is 4.50. The number of esters is 1. The molecule has 2 aromatic rings. The van der Waals surface area contributed by atoms with Crippen molar-refractivity contribution in [3.8, 4) is 11.4 Å². The van der Waals surface area contributed by atoms with Crippen LogP contribution in [0.3, 0.4) is 0 Å². The van der Waals surface area contributed by atoms with E-state index in [1.165, 1.54) is 14.0 Å². The van der Waals surface area contributed by atoms with Crippen LogP contribution < -0.4 is 11.1 Å². The third-order valence-corrected chi connectivity index (χ3v) is 5.27. The first kappa shape index (κ1) is 21.6. The predicted molar refractivity (Wildman–Crippen MR) is 107 cm³/mol. The Balaban J connectivity index is 2.11. The Kier molecular flexibility index (Phi) is 7.33. The Bertz CT molecular complexity index is 871. The normalized spacial score (nSPS) is 11.9. The molecule has 0 saturated carbocycles. The molecule has 0 aliphatic carbocycles. The smallest absolute Gasteiger partial charge is 0.328 e. The van der Waals surface area contributed by atoms with Crippen molar-refractivity contribution in [2.45, 2.75) is 52.6 Å². The molecule has 3 N–H and O–H groups in total. The molecular formula is C19H26N4O4S. The van der Waals surface area contributed by atoms with E-state index in [2.05, 4.69) is 10.3 Å². The van der Waals surface area contributed by atoms with Gasteiger partial charge in [-0.15, -0.1) is 11.3 Å². The summed E-state index contributed by atoms with van der Waals surface area (Å²) < 4.78 is 6.77. The summed E-state index contributed by atoms with van der Waals surface area (Å²) in [6, 6.07) is 1.12. The second kappa shape index (κ2) is 9.50. The van der Waals surface area contributed by atoms with Crippen LogP contribution in [0.2, 0.25) is 0 Å². The second-order valence-electron chi connectivity index (χ2n) is 6.57. The van der Waals surface area contributed by atoms with Gasteiger partial charge in [-0.3, -0.25) is 9.59 Å². The first-order valence-corrected chi connectivity index (χ1v) is 9.90. The fourth-order valence-corrected chi connectivity index (χ4v) is 3.74. The summed E-state index contributed by atoms with van der Waals surface area (Å²) in [6.45, 7) is 5.79. The molecule has 0 aliphatic heterocycles. The van der Waals surface area contributed by atoms with Gasteiger partial charge in [-0.25, -0.2) is 9.78 Å². The van der Waals surface area contributed by atoms with Gasteiger partial charge in [0, 0.05) is 24.5 Å². The summed E-state index contributed by atoms with van der Waals surface area (Å²) in [5.41, 5.74) is 8.44. The Morgan fingerprint density at radius 2 is 2.04 bits per heavy atom. The molecule has 0 aromatic carbocycles. The van der Waals surface area contributed by atoms with Crippen molar-refractivity contribution in [3.05, 3.63) is 27.7 Å². The minimum Gasteiger partial charge on any atom is -0.467 e. The largest absolute Gasteiger partial charge is 0.467 e. The summed E-state index contributed by atoms with van der Waals surface area (Å²) in [5, 5.41) is 5.51. The van der Waals surface area contributed by atoms with E-state index in [0.717, 1.165) is 28.5 Å². The molecule has 28 heavy (non-hydrogen) atoms. The van der Waals surface area contributed by atoms with Crippen molar-refractivity contribution in [1.29, 1.82) is 0 Å². The van der Waals surface area contributed by atoms with Gasteiger partial charge in [-0.2, -0.15) is 0 Å². The van der Waals surface area contributed by atoms with Gasteiger partial charge in [0.25, 0.3) is 5.91 Å². The lowest BCUT2D eigenvalue weighted by Gasteiger charge is -2.16. The summed E-state index contributed by atoms with van der Waals surface area (Å²) in [4.78, 5) is 39.3. The molecule has 0 bridgehead atoms. The van der Waals surface area contributed by atoms with Gasteiger partial charge >= 0.3 is 5.97 Å². The number of nitrogens with one attached hydrogen (secondary N) is 1. The molecule has 1 atom stereocenters. The van der Waals surface area contributed by atoms with Crippen LogP contribution >= 0.6 is 11.3 Å². The number of unbranched alkanes of at least 4 members (excludes halogenated alkanes) is 1. The molecule has 0 aliphatic rings. The van der Waals surface area contributed by atoms with E-state index in [0.29, 0.717) is 24.9 Å². The van der Waals surface area contributed by atoms with E-state index in [9.17, 15) is 14.4 Å². The molecule has 2 rings (SSSR count). The summed E-state index contributed by atoms with van der Waals surface area (Å²) in [5.74, 6) is -1.20. The molecule has 8 nitrogen and oxygen atoms in total. The van der Waals surface area contributed by atoms with Crippen molar-refractivity contribution in [3.63, 3.8) is 0 Å². The van der Waals surface area contributed by atoms with Crippen LogP contribution in [0.1, 0.15) is 47.2 Å². The molecule has 0 fully saturated rings. The van der Waals surface area contributed by atoms with Crippen LogP contribution in [-0.2, 0) is 20.9 Å². The molecule has 0 saturated heterocycles. The van der Waals surface area contributed by atoms with Gasteiger partial charge in [0.05, 0.1) is 29.1 Å². The summed E-state index contributed by atoms with van der Waals surface area (Å²) in [7, 11) is 1.30. The van der Waals surface area contributed by atoms with Crippen molar-refractivity contribution in [2.75, 3.05) is 7.11 Å². The Morgan fingerprint density at radius 3 is 2.57 bits per heavy atom. The lowest BCUT2D eigenvalue weighted by molar-refractivity contribution is -0.145. The van der Waals surface area contributed by atoms with Crippen LogP contribution in [0.25, 0.3) is 11.4 Å². The van der Waals surface area contributed by atoms with Gasteiger partial charge in [0.1, 0.15) is 6.04 Å². The zero-order valence-electron chi connectivity index (χ0n) is 16.6. The van der Waals surface area contributed by atoms with E-state index < -0.39 is 17.9 Å². The maximum absolute atomic E-state index is 11.8. The van der Waals surface area contributed by atoms with E-state index in [1.54, 1.807) is 17.4 Å². The summed E-state index contributed by atoms with van der Waals surface area (Å²) >= 11 is 1.54. The molecule has 2 amide bonds. The van der Waals surface area contributed by atoms with Gasteiger partial charge < -0.3 is 20.4 Å². The number of primary amides is 1. The molecule has 1 unspecified atom stereocenters. The first-order valence-electron chi connectivity index (χ1n) is 9.02. The van der Waals surface area contributed by atoms with Crippen molar-refractivity contribution >= 4 is 29.1 Å². The Hall–Kier alpha value is -2.68. The van der Waals surface area contributed by atoms with Gasteiger partial charge in [0.15, 0.2) is 0 Å². The third kappa shape index (κ3) is 5.19. The fourth-order valence-electron chi connectivity index (χ4n) is 3.13. The maximum Gasteiger partial charge on any atom is 0.328 e. The lowest BCUT2D eigenvalue weighted by Crippen LogP contribution is -2.40. The molecule has 2 aromatic heterocycles. The van der Waals surface area contributed by atoms with Crippen LogP contribution in [0.15, 0.2) is 11.4 Å². The van der Waals surface area contributed by atoms with E-state index >= 15 is 0 Å². The van der Waals surface area contributed by atoms with Gasteiger partial charge in [0.2, 0.25) is 5.91 Å². The van der Waals surface area contributed by atoms with Crippen molar-refractivity contribution in [1.82, 2.24) is 14.9 Å². The highest BCUT2D eigenvalue weighted by atomic mass is 32.1. The maximum atomic E-state index is 11.8. The van der Waals surface area contributed by atoms with Crippen molar-refractivity contribution in [2.24, 2.45) is 5.73 Å². The minimum absolute atomic E-state index is 0.274. The second-order valence-corrected chi connectivity index (χ2v) is 7.63. The van der Waals surface area contributed by atoms with Crippen molar-refractivity contribution < 1.29 is 19.1 Å². The first-order chi connectivity index (χ1) is 13.2. The number of amides is 2. The topological polar surface area (TPSA) is 116 Å². The average molecular weight is 407 g/mol. The van der Waals surface area contributed by atoms with Crippen LogP contribution in [0.4, 0.5) is 0 Å². The quantitative estimate of drug-likeness (QED) is 0.489. The zero-order valence-corrected chi connectivity index (χ0v) is 17.4. The molecule has 0 spiro atoms. The number of aromatic nitrogens is 2. The van der Waals surface area contributed by atoms with E-state index in [4.69, 9.17) is 10.5 Å².